The van der Waals surface area contributed by atoms with Crippen LogP contribution in [0.1, 0.15) is 13.3 Å². The van der Waals surface area contributed by atoms with Crippen LogP contribution in [0.5, 0.6) is 0 Å². The highest BCUT2D eigenvalue weighted by molar-refractivity contribution is 7.16. The molecular formula is C18H23FN4S. The third kappa shape index (κ3) is 4.91. The molecule has 128 valence electrons. The minimum atomic E-state index is -0.311. The van der Waals surface area contributed by atoms with Gasteiger partial charge >= 0.3 is 0 Å². The first kappa shape index (κ1) is 18.2. The first-order valence-electron chi connectivity index (χ1n) is 7.74. The highest BCUT2D eigenvalue weighted by atomic mass is 32.1. The van der Waals surface area contributed by atoms with Crippen LogP contribution in [0, 0.1) is 5.82 Å². The van der Waals surface area contributed by atoms with Crippen molar-refractivity contribution in [2.75, 3.05) is 18.9 Å². The van der Waals surface area contributed by atoms with E-state index in [1.54, 1.807) is 11.6 Å². The van der Waals surface area contributed by atoms with Crippen molar-refractivity contribution in [3.8, 4) is 0 Å². The van der Waals surface area contributed by atoms with E-state index in [1.807, 2.05) is 30.3 Å². The molecule has 4 nitrogen and oxygen atoms in total. The molecule has 2 rings (SSSR count). The highest BCUT2D eigenvalue weighted by Gasteiger charge is 2.07. The van der Waals surface area contributed by atoms with E-state index < -0.39 is 0 Å². The minimum Gasteiger partial charge on any atom is -0.365 e. The Morgan fingerprint density at radius 2 is 2.29 bits per heavy atom. The predicted octanol–water partition coefficient (Wildman–Crippen LogP) is 4.32. The van der Waals surface area contributed by atoms with Gasteiger partial charge in [0.2, 0.25) is 0 Å². The van der Waals surface area contributed by atoms with Gasteiger partial charge in [0, 0.05) is 25.5 Å². The van der Waals surface area contributed by atoms with Crippen LogP contribution in [-0.2, 0) is 0 Å². The SMILES string of the molecule is C=CCCNC(C)N(C)/C=C\C(=C)Nc1cc2ncsc2cc1F. The van der Waals surface area contributed by atoms with Crippen LogP contribution in [0.2, 0.25) is 0 Å². The number of benzene rings is 1. The molecule has 0 saturated heterocycles. The van der Waals surface area contributed by atoms with Gasteiger partial charge in [-0.1, -0.05) is 12.7 Å². The summed E-state index contributed by atoms with van der Waals surface area (Å²) in [6.07, 6.45) is 6.71. The molecule has 6 heteroatoms. The largest absolute Gasteiger partial charge is 0.365 e. The number of hydrogen-bond donors (Lipinski definition) is 2. The maximum absolute atomic E-state index is 14.1. The fourth-order valence-electron chi connectivity index (χ4n) is 2.06. The lowest BCUT2D eigenvalue weighted by Crippen LogP contribution is -2.38. The summed E-state index contributed by atoms with van der Waals surface area (Å²) in [7, 11) is 1.97. The number of aromatic nitrogens is 1. The van der Waals surface area contributed by atoms with Crippen molar-refractivity contribution in [1.29, 1.82) is 0 Å². The number of hydrogen-bond acceptors (Lipinski definition) is 5. The van der Waals surface area contributed by atoms with Crippen molar-refractivity contribution < 1.29 is 4.39 Å². The van der Waals surface area contributed by atoms with E-state index in [-0.39, 0.29) is 12.0 Å². The van der Waals surface area contributed by atoms with Crippen LogP contribution in [-0.4, -0.2) is 29.6 Å². The smallest absolute Gasteiger partial charge is 0.148 e. The molecule has 1 heterocycles. The molecule has 0 bridgehead atoms. The zero-order chi connectivity index (χ0) is 17.5. The summed E-state index contributed by atoms with van der Waals surface area (Å²) in [4.78, 5) is 6.23. The zero-order valence-electron chi connectivity index (χ0n) is 14.1. The van der Waals surface area contributed by atoms with Gasteiger partial charge in [-0.15, -0.1) is 17.9 Å². The Morgan fingerprint density at radius 1 is 1.50 bits per heavy atom. The van der Waals surface area contributed by atoms with Crippen molar-refractivity contribution in [1.82, 2.24) is 15.2 Å². The van der Waals surface area contributed by atoms with E-state index in [2.05, 4.69) is 35.7 Å². The lowest BCUT2D eigenvalue weighted by Gasteiger charge is -2.24. The molecule has 2 N–H and O–H groups in total. The van der Waals surface area contributed by atoms with Crippen LogP contribution in [0.4, 0.5) is 10.1 Å². The number of nitrogens with zero attached hydrogens (tertiary/aromatic N) is 2. The normalized spacial score (nSPS) is 12.5. The molecule has 0 fully saturated rings. The Labute approximate surface area is 146 Å². The lowest BCUT2D eigenvalue weighted by atomic mass is 10.2. The van der Waals surface area contributed by atoms with E-state index >= 15 is 0 Å². The molecule has 0 aliphatic heterocycles. The number of thiazole rings is 1. The standard InChI is InChI=1S/C18H23FN4S/c1-5-6-8-20-14(3)23(4)9-7-13(2)22-16-11-17-18(10-15(16)19)24-12-21-17/h5,7,9-12,14,20,22H,1-2,6,8H2,3-4H3/b9-7-. The first-order chi connectivity index (χ1) is 11.5. The lowest BCUT2D eigenvalue weighted by molar-refractivity contribution is 0.299. The third-order valence-electron chi connectivity index (χ3n) is 3.63. The highest BCUT2D eigenvalue weighted by Crippen LogP contribution is 2.25. The van der Waals surface area contributed by atoms with Gasteiger partial charge in [-0.3, -0.25) is 5.32 Å². The van der Waals surface area contributed by atoms with Crippen LogP contribution >= 0.6 is 11.3 Å². The van der Waals surface area contributed by atoms with Crippen molar-refractivity contribution >= 4 is 27.2 Å². The van der Waals surface area contributed by atoms with Gasteiger partial charge in [0.05, 0.1) is 27.6 Å². The van der Waals surface area contributed by atoms with E-state index in [0.717, 1.165) is 23.2 Å². The van der Waals surface area contributed by atoms with E-state index in [1.165, 1.54) is 17.4 Å². The Balaban J connectivity index is 1.93. The third-order valence-corrected chi connectivity index (χ3v) is 4.42. The molecule has 1 aromatic carbocycles. The molecule has 0 aliphatic carbocycles. The number of rotatable bonds is 9. The van der Waals surface area contributed by atoms with Gasteiger partial charge in [-0.05, 0) is 31.6 Å². The first-order valence-corrected chi connectivity index (χ1v) is 8.62. The molecule has 2 aromatic rings. The molecule has 0 radical (unpaired) electrons. The Morgan fingerprint density at radius 3 is 3.04 bits per heavy atom. The molecule has 0 aliphatic rings. The second kappa shape index (κ2) is 8.61. The van der Waals surface area contributed by atoms with E-state index in [0.29, 0.717) is 11.4 Å². The average Bonchev–Trinajstić information content (AvgIpc) is 3.00. The molecule has 0 amide bonds. The van der Waals surface area contributed by atoms with Crippen LogP contribution in [0.3, 0.4) is 0 Å². The Bertz CT molecular complexity index is 738. The van der Waals surface area contributed by atoms with Crippen molar-refractivity contribution in [3.63, 3.8) is 0 Å². The number of halogens is 1. The summed E-state index contributed by atoms with van der Waals surface area (Å²) < 4.78 is 14.9. The number of anilines is 1. The average molecular weight is 346 g/mol. The fraction of sp³-hybridized carbons (Fsp3) is 0.278. The zero-order valence-corrected chi connectivity index (χ0v) is 14.9. The van der Waals surface area contributed by atoms with Crippen molar-refractivity contribution in [2.45, 2.75) is 19.5 Å². The maximum atomic E-state index is 14.1. The quantitative estimate of drug-likeness (QED) is 0.307. The minimum absolute atomic E-state index is 0.178. The number of allylic oxidation sites excluding steroid dienone is 1. The summed E-state index contributed by atoms with van der Waals surface area (Å²) in [5.74, 6) is -0.311. The second-order valence-electron chi connectivity index (χ2n) is 5.49. The van der Waals surface area contributed by atoms with Crippen molar-refractivity contribution in [2.24, 2.45) is 0 Å². The topological polar surface area (TPSA) is 40.2 Å². The molecule has 1 atom stereocenters. The van der Waals surface area contributed by atoms with E-state index in [4.69, 9.17) is 0 Å². The van der Waals surface area contributed by atoms with Crippen LogP contribution in [0.25, 0.3) is 10.2 Å². The molecule has 0 saturated carbocycles. The monoisotopic (exact) mass is 346 g/mol. The number of nitrogens with one attached hydrogen (secondary N) is 2. The van der Waals surface area contributed by atoms with Gasteiger partial charge in [0.15, 0.2) is 0 Å². The molecule has 24 heavy (non-hydrogen) atoms. The summed E-state index contributed by atoms with van der Waals surface area (Å²) in [5, 5.41) is 6.36. The van der Waals surface area contributed by atoms with Gasteiger partial charge in [0.25, 0.3) is 0 Å². The van der Waals surface area contributed by atoms with E-state index in [9.17, 15) is 4.39 Å². The fourth-order valence-corrected chi connectivity index (χ4v) is 2.75. The van der Waals surface area contributed by atoms with Gasteiger partial charge in [0.1, 0.15) is 5.82 Å². The van der Waals surface area contributed by atoms with Crippen LogP contribution in [0.15, 0.2) is 54.9 Å². The molecular weight excluding hydrogens is 323 g/mol. The predicted molar refractivity (Wildman–Crippen MR) is 102 cm³/mol. The molecule has 1 aromatic heterocycles. The molecule has 1 unspecified atom stereocenters. The molecule has 0 spiro atoms. The summed E-state index contributed by atoms with van der Waals surface area (Å²) in [6, 6.07) is 3.19. The summed E-state index contributed by atoms with van der Waals surface area (Å²) in [6.45, 7) is 10.6. The van der Waals surface area contributed by atoms with Crippen molar-refractivity contribution in [3.05, 3.63) is 60.7 Å². The Hall–Kier alpha value is -2.18. The van der Waals surface area contributed by atoms with Gasteiger partial charge in [-0.2, -0.15) is 0 Å². The van der Waals surface area contributed by atoms with Crippen LogP contribution < -0.4 is 10.6 Å². The Kier molecular flexibility index (Phi) is 6.52. The number of fused-ring (bicyclic) bond motifs is 1. The maximum Gasteiger partial charge on any atom is 0.148 e. The van der Waals surface area contributed by atoms with Gasteiger partial charge in [-0.25, -0.2) is 9.37 Å². The van der Waals surface area contributed by atoms with Gasteiger partial charge < -0.3 is 10.2 Å². The summed E-state index contributed by atoms with van der Waals surface area (Å²) >= 11 is 1.42. The summed E-state index contributed by atoms with van der Waals surface area (Å²) in [5.41, 5.74) is 3.47. The second-order valence-corrected chi connectivity index (χ2v) is 6.38.